The lowest BCUT2D eigenvalue weighted by Crippen LogP contribution is -2.63. The molecule has 0 radical (unpaired) electrons. The number of carbonyl (C=O) groups excluding carboxylic acids is 1. The van der Waals surface area contributed by atoms with Gasteiger partial charge in [0.05, 0.1) is 32.5 Å². The fourth-order valence-electron chi connectivity index (χ4n) is 4.25. The van der Waals surface area contributed by atoms with Gasteiger partial charge in [0.1, 0.15) is 23.9 Å². The second-order valence-corrected chi connectivity index (χ2v) is 18.8. The maximum Gasteiger partial charge on any atom is 0.416 e. The third-order valence-corrected chi connectivity index (χ3v) is 12.7. The van der Waals surface area contributed by atoms with Crippen LogP contribution in [0.4, 0.5) is 4.79 Å². The molecule has 238 valence electrons. The van der Waals surface area contributed by atoms with Gasteiger partial charge >= 0.3 is 6.09 Å². The van der Waals surface area contributed by atoms with Crippen molar-refractivity contribution in [3.05, 3.63) is 71.8 Å². The highest BCUT2D eigenvalue weighted by molar-refractivity contribution is 7.80. The second-order valence-electron chi connectivity index (χ2n) is 13.6. The third-order valence-electron chi connectivity index (χ3n) is 7.84. The van der Waals surface area contributed by atoms with E-state index in [1.807, 2.05) is 81.4 Å². The first-order chi connectivity index (χ1) is 20.1. The molecule has 0 bridgehead atoms. The van der Waals surface area contributed by atoms with Gasteiger partial charge in [0.2, 0.25) is 0 Å². The highest BCUT2D eigenvalue weighted by Crippen LogP contribution is 2.37. The highest BCUT2D eigenvalue weighted by atomic mass is 32.1. The van der Waals surface area contributed by atoms with Gasteiger partial charge in [0, 0.05) is 7.05 Å². The van der Waals surface area contributed by atoms with Crippen LogP contribution < -0.4 is 5.32 Å². The summed E-state index contributed by atoms with van der Waals surface area (Å²) in [6, 6.07) is 19.7. The Balaban J connectivity index is 1.87. The first kappa shape index (κ1) is 35.1. The number of thiocarbonyl (C=S) groups is 1. The van der Waals surface area contributed by atoms with E-state index in [4.69, 9.17) is 35.6 Å². The van der Waals surface area contributed by atoms with E-state index in [1.165, 1.54) is 4.90 Å². The average molecular weight is 631 g/mol. The van der Waals surface area contributed by atoms with Gasteiger partial charge in [-0.1, -0.05) is 81.4 Å². The molecule has 1 fully saturated rings. The van der Waals surface area contributed by atoms with Crippen molar-refractivity contribution in [1.82, 2.24) is 10.2 Å². The van der Waals surface area contributed by atoms with Crippen molar-refractivity contribution in [1.29, 1.82) is 0 Å². The Morgan fingerprint density at radius 1 is 0.930 bits per heavy atom. The summed E-state index contributed by atoms with van der Waals surface area (Å²) in [7, 11) is -0.470. The van der Waals surface area contributed by atoms with Gasteiger partial charge < -0.3 is 28.7 Å². The van der Waals surface area contributed by atoms with Crippen LogP contribution in [0.3, 0.4) is 0 Å². The Hall–Kier alpha value is -2.34. The quantitative estimate of drug-likeness (QED) is 0.230. The van der Waals surface area contributed by atoms with Gasteiger partial charge in [-0.25, -0.2) is 4.79 Å². The Bertz CT molecular complexity index is 1170. The number of hydrogen-bond donors (Lipinski definition) is 1. The number of amides is 1. The van der Waals surface area contributed by atoms with E-state index < -0.39 is 38.3 Å². The molecule has 2 aromatic carbocycles. The van der Waals surface area contributed by atoms with Gasteiger partial charge in [-0.2, -0.15) is 0 Å². The van der Waals surface area contributed by atoms with Crippen LogP contribution in [0, 0.1) is 0 Å². The molecule has 10 heteroatoms. The molecule has 0 unspecified atom stereocenters. The van der Waals surface area contributed by atoms with E-state index in [-0.39, 0.29) is 16.3 Å². The fraction of sp³-hybridized carbons (Fsp3) is 0.576. The van der Waals surface area contributed by atoms with Crippen LogP contribution in [0.5, 0.6) is 0 Å². The zero-order valence-electron chi connectivity index (χ0n) is 27.2. The lowest BCUT2D eigenvalue weighted by Gasteiger charge is -2.45. The number of hydrogen-bond acceptors (Lipinski definition) is 7. The Kier molecular flexibility index (Phi) is 12.3. The van der Waals surface area contributed by atoms with Crippen molar-refractivity contribution in [2.45, 2.75) is 103 Å². The first-order valence-electron chi connectivity index (χ1n) is 14.9. The van der Waals surface area contributed by atoms with E-state index in [9.17, 15) is 4.79 Å². The zero-order valence-corrected chi connectivity index (χ0v) is 29.0. The van der Waals surface area contributed by atoms with E-state index in [0.717, 1.165) is 11.1 Å². The van der Waals surface area contributed by atoms with Gasteiger partial charge in [0.15, 0.2) is 13.4 Å². The molecular weight excluding hydrogens is 581 g/mol. The summed E-state index contributed by atoms with van der Waals surface area (Å²) in [4.78, 5) is 14.0. The van der Waals surface area contributed by atoms with Crippen molar-refractivity contribution in [3.63, 3.8) is 0 Å². The SMILES string of the molecule is CN(C(=O)OC(C)(C)C)C(=S)N[C@H]1CO[C@H](CO[Si](C)(C)C(C)(C)C)[C@@H](OCc2ccccc2)[C@@H]1OCc1ccccc1. The highest BCUT2D eigenvalue weighted by Gasteiger charge is 2.45. The molecule has 0 spiro atoms. The van der Waals surface area contributed by atoms with Crippen molar-refractivity contribution < 1.29 is 28.2 Å². The molecule has 8 nitrogen and oxygen atoms in total. The standard InChI is InChI=1S/C33H50N2O6SSi/c1-32(2,3)41-31(36)35(7)30(42)34-26-22-37-27(23-40-43(8,9)33(4,5)6)29(39-21-25-18-14-11-15-19-25)28(26)38-20-24-16-12-10-13-17-24/h10-19,26-29H,20-23H2,1-9H3,(H,34,42)/t26-,27+,28+,29+/m0/s1. The molecule has 1 aliphatic heterocycles. The molecule has 1 N–H and O–H groups in total. The van der Waals surface area contributed by atoms with Crippen molar-refractivity contribution in [2.75, 3.05) is 20.3 Å². The van der Waals surface area contributed by atoms with Gasteiger partial charge in [0.25, 0.3) is 0 Å². The van der Waals surface area contributed by atoms with Gasteiger partial charge in [-0.15, -0.1) is 0 Å². The number of ether oxygens (including phenoxy) is 4. The molecule has 2 aromatic rings. The second kappa shape index (κ2) is 15.1. The predicted octanol–water partition coefficient (Wildman–Crippen LogP) is 6.69. The number of carbonyl (C=O) groups is 1. The molecule has 0 aromatic heterocycles. The summed E-state index contributed by atoms with van der Waals surface area (Å²) in [5.74, 6) is 0. The van der Waals surface area contributed by atoms with Gasteiger partial charge in [-0.3, -0.25) is 4.90 Å². The zero-order chi connectivity index (χ0) is 31.8. The first-order valence-corrected chi connectivity index (χ1v) is 18.2. The van der Waals surface area contributed by atoms with E-state index in [1.54, 1.807) is 7.05 Å². The molecule has 3 rings (SSSR count). The molecule has 1 saturated heterocycles. The van der Waals surface area contributed by atoms with Crippen LogP contribution in [0.2, 0.25) is 18.1 Å². The molecule has 4 atom stereocenters. The number of nitrogens with zero attached hydrogens (tertiary/aromatic N) is 1. The summed E-state index contributed by atoms with van der Waals surface area (Å²) in [6.07, 6.45) is -1.85. The minimum atomic E-state index is -2.06. The van der Waals surface area contributed by atoms with Crippen molar-refractivity contribution in [2.24, 2.45) is 0 Å². The van der Waals surface area contributed by atoms with Crippen molar-refractivity contribution >= 4 is 31.7 Å². The number of benzene rings is 2. The molecule has 1 amide bonds. The average Bonchev–Trinajstić information content (AvgIpc) is 2.93. The largest absolute Gasteiger partial charge is 0.443 e. The lowest BCUT2D eigenvalue weighted by atomic mass is 9.97. The fourth-order valence-corrected chi connectivity index (χ4v) is 5.49. The third kappa shape index (κ3) is 10.7. The van der Waals surface area contributed by atoms with E-state index >= 15 is 0 Å². The minimum Gasteiger partial charge on any atom is -0.443 e. The molecule has 0 aliphatic carbocycles. The van der Waals surface area contributed by atoms with Crippen LogP contribution in [0.25, 0.3) is 0 Å². The minimum absolute atomic E-state index is 0.0494. The van der Waals surface area contributed by atoms with E-state index in [2.05, 4.69) is 39.2 Å². The molecular formula is C33H50N2O6SSi. The summed E-state index contributed by atoms with van der Waals surface area (Å²) in [6.45, 7) is 18.0. The number of rotatable bonds is 10. The summed E-state index contributed by atoms with van der Waals surface area (Å²) in [5, 5.41) is 3.58. The number of nitrogens with one attached hydrogen (secondary N) is 1. The smallest absolute Gasteiger partial charge is 0.416 e. The Morgan fingerprint density at radius 3 is 1.93 bits per heavy atom. The van der Waals surface area contributed by atoms with Crippen LogP contribution in [-0.4, -0.2) is 74.6 Å². The van der Waals surface area contributed by atoms with Crippen LogP contribution in [0.15, 0.2) is 60.7 Å². The summed E-state index contributed by atoms with van der Waals surface area (Å²) < 4.78 is 31.8. The maximum atomic E-state index is 12.7. The molecule has 1 aliphatic rings. The Labute approximate surface area is 264 Å². The summed E-state index contributed by atoms with van der Waals surface area (Å²) in [5.41, 5.74) is 1.44. The monoisotopic (exact) mass is 630 g/mol. The van der Waals surface area contributed by atoms with E-state index in [0.29, 0.717) is 26.4 Å². The van der Waals surface area contributed by atoms with Crippen molar-refractivity contribution in [3.8, 4) is 0 Å². The Morgan fingerprint density at radius 2 is 1.44 bits per heavy atom. The normalized spacial score (nSPS) is 21.2. The van der Waals surface area contributed by atoms with Crippen LogP contribution in [0.1, 0.15) is 52.7 Å². The van der Waals surface area contributed by atoms with Crippen LogP contribution in [-0.2, 0) is 36.6 Å². The molecule has 43 heavy (non-hydrogen) atoms. The lowest BCUT2D eigenvalue weighted by molar-refractivity contribution is -0.201. The van der Waals surface area contributed by atoms with Crippen LogP contribution >= 0.6 is 12.2 Å². The summed E-state index contributed by atoms with van der Waals surface area (Å²) >= 11 is 5.65. The topological polar surface area (TPSA) is 78.5 Å². The molecule has 0 saturated carbocycles. The molecule has 1 heterocycles. The maximum absolute atomic E-state index is 12.7. The predicted molar refractivity (Wildman–Crippen MR) is 176 cm³/mol. The van der Waals surface area contributed by atoms with Gasteiger partial charge in [-0.05, 0) is 62.2 Å².